The molecule has 0 aromatic heterocycles. The molecule has 1 aliphatic heterocycles. The lowest BCUT2D eigenvalue weighted by Gasteiger charge is -2.40. The highest BCUT2D eigenvalue weighted by molar-refractivity contribution is 6.33. The van der Waals surface area contributed by atoms with Gasteiger partial charge in [0.1, 0.15) is 29.0 Å². The number of anilines is 1. The lowest BCUT2D eigenvalue weighted by molar-refractivity contribution is -0.139. The summed E-state index contributed by atoms with van der Waals surface area (Å²) in [7, 11) is 1.54. The van der Waals surface area contributed by atoms with E-state index in [2.05, 4.69) is 5.32 Å². The van der Waals surface area contributed by atoms with E-state index in [1.165, 1.54) is 28.0 Å². The Labute approximate surface area is 230 Å². The van der Waals surface area contributed by atoms with Crippen LogP contribution in [0.15, 0.2) is 42.5 Å². The van der Waals surface area contributed by atoms with E-state index in [0.29, 0.717) is 17.7 Å². The molecule has 1 aliphatic rings. The van der Waals surface area contributed by atoms with E-state index in [4.69, 9.17) is 21.4 Å². The summed E-state index contributed by atoms with van der Waals surface area (Å²) in [4.78, 5) is 39.6. The molecule has 0 spiro atoms. The second kappa shape index (κ2) is 11.4. The highest BCUT2D eigenvalue weighted by Crippen LogP contribution is 2.39. The smallest absolute Gasteiger partial charge is 0.341 e. The number of hydrogen-bond acceptors (Lipinski definition) is 4. The number of carboxylic acid groups (broad SMARTS) is 1. The van der Waals surface area contributed by atoms with E-state index < -0.39 is 72.5 Å². The molecule has 40 heavy (non-hydrogen) atoms. The average molecular weight is 580 g/mol. The number of carboxylic acids is 1. The van der Waals surface area contributed by atoms with Gasteiger partial charge in [-0.2, -0.15) is 0 Å². The Bertz CT molecular complexity index is 1500. The van der Waals surface area contributed by atoms with Crippen molar-refractivity contribution >= 4 is 35.2 Å². The second-order valence-electron chi connectivity index (χ2n) is 8.98. The van der Waals surface area contributed by atoms with Crippen molar-refractivity contribution in [2.75, 3.05) is 18.6 Å². The Kier molecular flexibility index (Phi) is 8.19. The molecule has 1 atom stereocenters. The van der Waals surface area contributed by atoms with Gasteiger partial charge >= 0.3 is 12.0 Å². The normalized spacial score (nSPS) is 14.7. The minimum atomic E-state index is -1.27. The van der Waals surface area contributed by atoms with Crippen LogP contribution >= 0.6 is 11.6 Å². The number of carbonyl (C=O) groups is 3. The molecule has 0 fully saturated rings. The third kappa shape index (κ3) is 5.67. The van der Waals surface area contributed by atoms with Gasteiger partial charge in [0.2, 0.25) is 0 Å². The van der Waals surface area contributed by atoms with Crippen LogP contribution in [-0.2, 0) is 17.9 Å². The van der Waals surface area contributed by atoms with Gasteiger partial charge in [0.15, 0.2) is 6.61 Å². The third-order valence-corrected chi connectivity index (χ3v) is 6.91. The van der Waals surface area contributed by atoms with Crippen molar-refractivity contribution in [1.29, 1.82) is 0 Å². The molecular weight excluding hydrogens is 558 g/mol. The summed E-state index contributed by atoms with van der Waals surface area (Å²) >= 11 is 6.31. The maximum atomic E-state index is 14.9. The van der Waals surface area contributed by atoms with E-state index in [-0.39, 0.29) is 27.6 Å². The van der Waals surface area contributed by atoms with Crippen LogP contribution in [0.4, 0.5) is 28.0 Å². The molecule has 1 heterocycles. The number of aliphatic carboxylic acids is 1. The largest absolute Gasteiger partial charge is 0.480 e. The minimum absolute atomic E-state index is 0.0290. The lowest BCUT2D eigenvalue weighted by Crippen LogP contribution is -2.46. The fraction of sp³-hybridized carbons (Fsp3) is 0.222. The molecule has 4 rings (SSSR count). The highest BCUT2D eigenvalue weighted by Gasteiger charge is 2.35. The molecular formula is C27H22ClF4N3O5. The predicted octanol–water partition coefficient (Wildman–Crippen LogP) is 5.42. The standard InChI is InChI=1S/C27H22ClF4N3O5/c1-13-16-4-3-14(26(38)33-10-17-20(31)8-15(29)9-21(17)32)7-22(16)35(27(39)34(13)2)11-18-19(30)5-6-23(25(18)28)40-12-24(36)37/h3-9,13H,10-12H2,1-2H3,(H,33,38)(H,36,37)/t13-/m0/s1. The first-order valence-corrected chi connectivity index (χ1v) is 12.2. The number of amides is 3. The Balaban J connectivity index is 1.66. The quantitative estimate of drug-likeness (QED) is 0.347. The van der Waals surface area contributed by atoms with Crippen molar-refractivity contribution in [2.24, 2.45) is 0 Å². The second-order valence-corrected chi connectivity index (χ2v) is 9.36. The molecule has 2 N–H and O–H groups in total. The number of benzene rings is 3. The van der Waals surface area contributed by atoms with Crippen LogP contribution in [0, 0.1) is 23.3 Å². The van der Waals surface area contributed by atoms with Gasteiger partial charge in [-0.25, -0.2) is 27.2 Å². The van der Waals surface area contributed by atoms with Gasteiger partial charge in [-0.05, 0) is 36.8 Å². The van der Waals surface area contributed by atoms with Gasteiger partial charge < -0.3 is 20.1 Å². The molecule has 0 radical (unpaired) electrons. The van der Waals surface area contributed by atoms with Gasteiger partial charge in [0, 0.05) is 42.4 Å². The highest BCUT2D eigenvalue weighted by atomic mass is 35.5. The van der Waals surface area contributed by atoms with Crippen LogP contribution < -0.4 is 15.0 Å². The molecule has 210 valence electrons. The number of hydrogen-bond donors (Lipinski definition) is 2. The summed E-state index contributed by atoms with van der Waals surface area (Å²) in [6.07, 6.45) is 0. The number of urea groups is 1. The molecule has 0 saturated carbocycles. The SMILES string of the molecule is C[C@H]1c2ccc(C(=O)NCc3c(F)cc(F)cc3F)cc2N(Cc2c(F)ccc(OCC(=O)O)c2Cl)C(=O)N1C. The molecule has 0 bridgehead atoms. The number of fused-ring (bicyclic) bond motifs is 1. The van der Waals surface area contributed by atoms with Crippen molar-refractivity contribution in [3.8, 4) is 5.75 Å². The van der Waals surface area contributed by atoms with Crippen molar-refractivity contribution < 1.29 is 41.8 Å². The Morgan fingerprint density at radius 1 is 1.02 bits per heavy atom. The van der Waals surface area contributed by atoms with E-state index >= 15 is 0 Å². The van der Waals surface area contributed by atoms with E-state index in [1.54, 1.807) is 20.0 Å². The van der Waals surface area contributed by atoms with Crippen molar-refractivity contribution in [3.63, 3.8) is 0 Å². The molecule has 3 aromatic carbocycles. The Morgan fingerprint density at radius 2 is 1.70 bits per heavy atom. The lowest BCUT2D eigenvalue weighted by atomic mass is 9.98. The summed E-state index contributed by atoms with van der Waals surface area (Å²) in [5, 5.41) is 11.0. The predicted molar refractivity (Wildman–Crippen MR) is 136 cm³/mol. The monoisotopic (exact) mass is 579 g/mol. The first-order valence-electron chi connectivity index (χ1n) is 11.8. The first-order chi connectivity index (χ1) is 18.9. The van der Waals surface area contributed by atoms with Crippen LogP contribution in [0.2, 0.25) is 5.02 Å². The topological polar surface area (TPSA) is 99.2 Å². The average Bonchev–Trinajstić information content (AvgIpc) is 2.89. The van der Waals surface area contributed by atoms with Crippen LogP contribution in [0.25, 0.3) is 0 Å². The number of nitrogens with one attached hydrogen (secondary N) is 1. The zero-order valence-electron chi connectivity index (χ0n) is 21.1. The molecule has 0 aliphatic carbocycles. The third-order valence-electron chi connectivity index (χ3n) is 6.50. The number of ether oxygens (including phenoxy) is 1. The molecule has 0 saturated heterocycles. The van der Waals surface area contributed by atoms with Gasteiger partial charge in [-0.1, -0.05) is 17.7 Å². The maximum Gasteiger partial charge on any atom is 0.341 e. The van der Waals surface area contributed by atoms with E-state index in [1.807, 2.05) is 0 Å². The van der Waals surface area contributed by atoms with E-state index in [0.717, 1.165) is 6.07 Å². The summed E-state index contributed by atoms with van der Waals surface area (Å²) in [6.45, 7) is 0.0665. The van der Waals surface area contributed by atoms with Crippen LogP contribution in [0.5, 0.6) is 5.75 Å². The van der Waals surface area contributed by atoms with Gasteiger partial charge in [0.25, 0.3) is 5.91 Å². The zero-order valence-corrected chi connectivity index (χ0v) is 21.9. The first kappa shape index (κ1) is 28.7. The molecule has 0 unspecified atom stereocenters. The van der Waals surface area contributed by atoms with Crippen LogP contribution in [-0.4, -0.2) is 41.6 Å². The number of nitrogens with zero attached hydrogens (tertiary/aromatic N) is 2. The Hall–Kier alpha value is -4.32. The van der Waals surface area contributed by atoms with Crippen molar-refractivity contribution in [3.05, 3.63) is 93.0 Å². The van der Waals surface area contributed by atoms with Gasteiger partial charge in [0.05, 0.1) is 23.3 Å². The fourth-order valence-corrected chi connectivity index (χ4v) is 4.50. The molecule has 8 nitrogen and oxygen atoms in total. The molecule has 13 heteroatoms. The Morgan fingerprint density at radius 3 is 2.35 bits per heavy atom. The van der Waals surface area contributed by atoms with Gasteiger partial charge in [-0.15, -0.1) is 0 Å². The van der Waals surface area contributed by atoms with Crippen LogP contribution in [0.3, 0.4) is 0 Å². The maximum absolute atomic E-state index is 14.9. The van der Waals surface area contributed by atoms with Crippen molar-refractivity contribution in [2.45, 2.75) is 26.1 Å². The fourth-order valence-electron chi connectivity index (χ4n) is 4.23. The zero-order chi connectivity index (χ0) is 29.3. The molecule has 3 aromatic rings. The van der Waals surface area contributed by atoms with Gasteiger partial charge in [-0.3, -0.25) is 9.69 Å². The van der Waals surface area contributed by atoms with E-state index in [9.17, 15) is 31.9 Å². The summed E-state index contributed by atoms with van der Waals surface area (Å²) in [5.74, 6) is -6.30. The number of rotatable bonds is 8. The summed E-state index contributed by atoms with van der Waals surface area (Å²) in [6, 6.07) is 6.64. The summed E-state index contributed by atoms with van der Waals surface area (Å²) < 4.78 is 61.2. The molecule has 3 amide bonds. The number of carbonyl (C=O) groups excluding carboxylic acids is 2. The minimum Gasteiger partial charge on any atom is -0.480 e. The van der Waals surface area contributed by atoms with Crippen LogP contribution in [0.1, 0.15) is 40.0 Å². The summed E-state index contributed by atoms with van der Waals surface area (Å²) in [5.41, 5.74) is 0.221. The number of halogens is 5. The van der Waals surface area contributed by atoms with Crippen molar-refractivity contribution in [1.82, 2.24) is 10.2 Å².